The second-order valence-corrected chi connectivity index (χ2v) is 7.41. The van der Waals surface area contributed by atoms with Gasteiger partial charge in [-0.15, -0.1) is 11.3 Å². The van der Waals surface area contributed by atoms with Crippen molar-refractivity contribution in [1.29, 1.82) is 0 Å². The van der Waals surface area contributed by atoms with Gasteiger partial charge in [-0.3, -0.25) is 9.69 Å². The first-order valence-corrected chi connectivity index (χ1v) is 9.37. The van der Waals surface area contributed by atoms with Gasteiger partial charge in [0, 0.05) is 50.0 Å². The van der Waals surface area contributed by atoms with Gasteiger partial charge in [0.2, 0.25) is 5.91 Å². The number of hydrogen-bond donors (Lipinski definition) is 1. The predicted molar refractivity (Wildman–Crippen MR) is 95.0 cm³/mol. The molecule has 1 unspecified atom stereocenters. The van der Waals surface area contributed by atoms with Crippen LogP contribution < -0.4 is 5.32 Å². The van der Waals surface area contributed by atoms with Crippen LogP contribution in [0.1, 0.15) is 12.0 Å². The number of benzene rings is 1. The van der Waals surface area contributed by atoms with Gasteiger partial charge in [0.15, 0.2) is 0 Å². The van der Waals surface area contributed by atoms with Crippen LogP contribution >= 0.6 is 11.3 Å². The van der Waals surface area contributed by atoms with E-state index in [0.717, 1.165) is 45.7 Å². The zero-order chi connectivity index (χ0) is 15.6. The van der Waals surface area contributed by atoms with Crippen LogP contribution in [-0.2, 0) is 11.2 Å². The summed E-state index contributed by atoms with van der Waals surface area (Å²) in [7, 11) is 0. The van der Waals surface area contributed by atoms with E-state index in [2.05, 4.69) is 44.8 Å². The smallest absolute Gasteiger partial charge is 0.227 e. The summed E-state index contributed by atoms with van der Waals surface area (Å²) in [5, 5.41) is 6.78. The van der Waals surface area contributed by atoms with Gasteiger partial charge in [0.1, 0.15) is 0 Å². The quantitative estimate of drug-likeness (QED) is 0.935. The Labute approximate surface area is 141 Å². The average molecular weight is 329 g/mol. The third-order valence-corrected chi connectivity index (χ3v) is 6.10. The molecule has 0 saturated carbocycles. The molecule has 1 aromatic carbocycles. The minimum absolute atomic E-state index is 0.284. The van der Waals surface area contributed by atoms with E-state index >= 15 is 0 Å². The van der Waals surface area contributed by atoms with Crippen molar-refractivity contribution in [3.05, 3.63) is 35.2 Å². The number of amides is 1. The fraction of sp³-hybridized carbons (Fsp3) is 0.500. The second-order valence-electron chi connectivity index (χ2n) is 6.50. The summed E-state index contributed by atoms with van der Waals surface area (Å²) in [5.41, 5.74) is 1.18. The summed E-state index contributed by atoms with van der Waals surface area (Å²) in [6.07, 6.45) is 1.66. The first kappa shape index (κ1) is 15.1. The van der Waals surface area contributed by atoms with Crippen LogP contribution in [0, 0.1) is 0 Å². The predicted octanol–water partition coefficient (Wildman–Crippen LogP) is 1.95. The van der Waals surface area contributed by atoms with Crippen LogP contribution in [0.15, 0.2) is 29.6 Å². The maximum atomic E-state index is 12.7. The van der Waals surface area contributed by atoms with Crippen LogP contribution in [0.3, 0.4) is 0 Å². The zero-order valence-corrected chi connectivity index (χ0v) is 14.1. The zero-order valence-electron chi connectivity index (χ0n) is 13.3. The Morgan fingerprint density at radius 1 is 1.22 bits per heavy atom. The lowest BCUT2D eigenvalue weighted by Gasteiger charge is -2.32. The summed E-state index contributed by atoms with van der Waals surface area (Å²) in [6, 6.07) is 8.93. The Bertz CT molecular complexity index is 692. The van der Waals surface area contributed by atoms with Crippen molar-refractivity contribution in [3.63, 3.8) is 0 Å². The molecule has 5 heteroatoms. The van der Waals surface area contributed by atoms with E-state index in [1.165, 1.54) is 15.6 Å². The highest BCUT2D eigenvalue weighted by Crippen LogP contribution is 2.27. The molecule has 1 atom stereocenters. The van der Waals surface area contributed by atoms with Gasteiger partial charge >= 0.3 is 0 Å². The fourth-order valence-corrected chi connectivity index (χ4v) is 4.72. The largest absolute Gasteiger partial charge is 0.341 e. The third kappa shape index (κ3) is 3.13. The summed E-state index contributed by atoms with van der Waals surface area (Å²) in [5.74, 6) is 0.284. The summed E-state index contributed by atoms with van der Waals surface area (Å²) in [6.45, 7) is 6.19. The molecule has 2 aliphatic rings. The van der Waals surface area contributed by atoms with E-state index in [1.807, 2.05) is 0 Å². The standard InChI is InChI=1S/C18H23N3OS/c22-18(11-14-13-23-17-4-2-1-3-16(14)17)21-8-5-15(12-21)20-9-6-19-7-10-20/h1-4,13,15,19H,5-12H2. The molecule has 4 nitrogen and oxygen atoms in total. The van der Waals surface area contributed by atoms with E-state index < -0.39 is 0 Å². The molecular formula is C18H23N3OS. The minimum atomic E-state index is 0.284. The molecule has 0 bridgehead atoms. The molecule has 1 N–H and O–H groups in total. The number of carbonyl (C=O) groups is 1. The molecule has 0 spiro atoms. The number of fused-ring (bicyclic) bond motifs is 1. The molecule has 3 heterocycles. The Kier molecular flexibility index (Phi) is 4.33. The van der Waals surface area contributed by atoms with Gasteiger partial charge in [0.25, 0.3) is 0 Å². The number of carbonyl (C=O) groups excluding carboxylic acids is 1. The van der Waals surface area contributed by atoms with Crippen molar-refractivity contribution in [2.75, 3.05) is 39.3 Å². The van der Waals surface area contributed by atoms with Crippen LogP contribution in [0.25, 0.3) is 10.1 Å². The van der Waals surface area contributed by atoms with Gasteiger partial charge < -0.3 is 10.2 Å². The number of rotatable bonds is 3. The molecule has 2 aliphatic heterocycles. The van der Waals surface area contributed by atoms with Crippen molar-refractivity contribution in [1.82, 2.24) is 15.1 Å². The van der Waals surface area contributed by atoms with Gasteiger partial charge in [-0.05, 0) is 28.8 Å². The maximum Gasteiger partial charge on any atom is 0.227 e. The number of likely N-dealkylation sites (tertiary alicyclic amines) is 1. The molecule has 0 radical (unpaired) electrons. The van der Waals surface area contributed by atoms with Gasteiger partial charge in [-0.1, -0.05) is 18.2 Å². The molecule has 1 aromatic heterocycles. The molecule has 2 aromatic rings. The lowest BCUT2D eigenvalue weighted by molar-refractivity contribution is -0.129. The van der Waals surface area contributed by atoms with E-state index in [0.29, 0.717) is 12.5 Å². The van der Waals surface area contributed by atoms with E-state index in [4.69, 9.17) is 0 Å². The lowest BCUT2D eigenvalue weighted by Crippen LogP contribution is -2.49. The number of thiophene rings is 1. The van der Waals surface area contributed by atoms with E-state index in [9.17, 15) is 4.79 Å². The van der Waals surface area contributed by atoms with E-state index in [-0.39, 0.29) is 5.91 Å². The van der Waals surface area contributed by atoms with Gasteiger partial charge in [-0.25, -0.2) is 0 Å². The van der Waals surface area contributed by atoms with Crippen LogP contribution in [0.4, 0.5) is 0 Å². The third-order valence-electron chi connectivity index (χ3n) is 5.09. The molecule has 23 heavy (non-hydrogen) atoms. The second kappa shape index (κ2) is 6.59. The molecule has 4 rings (SSSR count). The van der Waals surface area contributed by atoms with Crippen molar-refractivity contribution < 1.29 is 4.79 Å². The molecule has 2 fully saturated rings. The summed E-state index contributed by atoms with van der Waals surface area (Å²) in [4.78, 5) is 17.3. The van der Waals surface area contributed by atoms with Crippen molar-refractivity contribution in [2.24, 2.45) is 0 Å². The van der Waals surface area contributed by atoms with Crippen LogP contribution in [0.2, 0.25) is 0 Å². The minimum Gasteiger partial charge on any atom is -0.341 e. The highest BCUT2D eigenvalue weighted by molar-refractivity contribution is 7.17. The molecule has 0 aliphatic carbocycles. The Hall–Kier alpha value is -1.43. The van der Waals surface area contributed by atoms with Crippen LogP contribution in [-0.4, -0.2) is 61.0 Å². The molecule has 2 saturated heterocycles. The highest BCUT2D eigenvalue weighted by atomic mass is 32.1. The Morgan fingerprint density at radius 2 is 2.04 bits per heavy atom. The number of hydrogen-bond acceptors (Lipinski definition) is 4. The Morgan fingerprint density at radius 3 is 2.91 bits per heavy atom. The van der Waals surface area contributed by atoms with Crippen molar-refractivity contribution >= 4 is 27.3 Å². The first-order valence-electron chi connectivity index (χ1n) is 8.49. The average Bonchev–Trinajstić information content (AvgIpc) is 3.24. The summed E-state index contributed by atoms with van der Waals surface area (Å²) >= 11 is 1.74. The van der Waals surface area contributed by atoms with Crippen LogP contribution in [0.5, 0.6) is 0 Å². The number of nitrogens with one attached hydrogen (secondary N) is 1. The van der Waals surface area contributed by atoms with Gasteiger partial charge in [-0.2, -0.15) is 0 Å². The van der Waals surface area contributed by atoms with Crippen molar-refractivity contribution in [2.45, 2.75) is 18.9 Å². The molecule has 1 amide bonds. The SMILES string of the molecule is O=C(Cc1csc2ccccc12)N1CCC(N2CCNCC2)C1. The number of piperazine rings is 1. The lowest BCUT2D eigenvalue weighted by atomic mass is 10.1. The topological polar surface area (TPSA) is 35.6 Å². The van der Waals surface area contributed by atoms with Crippen molar-refractivity contribution in [3.8, 4) is 0 Å². The van der Waals surface area contributed by atoms with Gasteiger partial charge in [0.05, 0.1) is 6.42 Å². The van der Waals surface area contributed by atoms with E-state index in [1.54, 1.807) is 11.3 Å². The first-order chi connectivity index (χ1) is 11.3. The maximum absolute atomic E-state index is 12.7. The fourth-order valence-electron chi connectivity index (χ4n) is 3.76. The normalized spacial score (nSPS) is 22.8. The highest BCUT2D eigenvalue weighted by Gasteiger charge is 2.30. The molecular weight excluding hydrogens is 306 g/mol. The molecule has 122 valence electrons. The summed E-state index contributed by atoms with van der Waals surface area (Å²) < 4.78 is 1.27. The Balaban J connectivity index is 1.40. The number of nitrogens with zero attached hydrogens (tertiary/aromatic N) is 2. The monoisotopic (exact) mass is 329 g/mol.